The molecule has 1 aliphatic rings. The first-order valence-electron chi connectivity index (χ1n) is 5.76. The summed E-state index contributed by atoms with van der Waals surface area (Å²) in [6, 6.07) is 0.766. The molecule has 1 fully saturated rings. The fourth-order valence-corrected chi connectivity index (χ4v) is 1.86. The second kappa shape index (κ2) is 6.02. The normalized spacial score (nSPS) is 27.3. The van der Waals surface area contributed by atoms with Crippen molar-refractivity contribution in [2.75, 3.05) is 6.54 Å². The third kappa shape index (κ3) is 3.66. The molecule has 0 aromatic rings. The van der Waals surface area contributed by atoms with E-state index in [-0.39, 0.29) is 5.91 Å². The van der Waals surface area contributed by atoms with E-state index in [0.29, 0.717) is 18.5 Å². The lowest BCUT2D eigenvalue weighted by atomic mass is 9.99. The summed E-state index contributed by atoms with van der Waals surface area (Å²) >= 11 is 0. The Balaban J connectivity index is 2.23. The Labute approximate surface area is 86.6 Å². The quantitative estimate of drug-likeness (QED) is 0.717. The minimum Gasteiger partial charge on any atom is -0.352 e. The molecule has 1 saturated heterocycles. The number of carbonyl (C=O) groups excluding carboxylic acids is 1. The molecule has 14 heavy (non-hydrogen) atoms. The van der Waals surface area contributed by atoms with Gasteiger partial charge in [-0.05, 0) is 32.7 Å². The van der Waals surface area contributed by atoms with E-state index in [1.807, 2.05) is 0 Å². The number of carbonyl (C=O) groups is 1. The van der Waals surface area contributed by atoms with Crippen molar-refractivity contribution in [2.24, 2.45) is 0 Å². The minimum absolute atomic E-state index is 0.215. The highest BCUT2D eigenvalue weighted by Gasteiger charge is 2.21. The Hall–Kier alpha value is -0.570. The van der Waals surface area contributed by atoms with Crippen LogP contribution in [0.2, 0.25) is 0 Å². The van der Waals surface area contributed by atoms with Crippen molar-refractivity contribution in [2.45, 2.75) is 58.0 Å². The zero-order valence-electron chi connectivity index (χ0n) is 9.31. The molecule has 1 rings (SSSR count). The lowest BCUT2D eigenvalue weighted by molar-refractivity contribution is -0.122. The van der Waals surface area contributed by atoms with E-state index in [2.05, 4.69) is 24.5 Å². The molecular formula is C11H22N2O. The maximum atomic E-state index is 11.5. The van der Waals surface area contributed by atoms with E-state index in [9.17, 15) is 4.79 Å². The van der Waals surface area contributed by atoms with Gasteiger partial charge in [0.15, 0.2) is 0 Å². The predicted molar refractivity (Wildman–Crippen MR) is 58.2 cm³/mol. The van der Waals surface area contributed by atoms with Gasteiger partial charge in [-0.3, -0.25) is 4.79 Å². The topological polar surface area (TPSA) is 41.1 Å². The molecular weight excluding hydrogens is 176 g/mol. The summed E-state index contributed by atoms with van der Waals surface area (Å²) in [5, 5.41) is 6.48. The SMILES string of the molecule is CCCCC(=O)NC1CCCNC1C. The number of hydrogen-bond donors (Lipinski definition) is 2. The Morgan fingerprint density at radius 3 is 3.00 bits per heavy atom. The van der Waals surface area contributed by atoms with E-state index in [0.717, 1.165) is 25.8 Å². The number of hydrogen-bond acceptors (Lipinski definition) is 2. The van der Waals surface area contributed by atoms with Crippen molar-refractivity contribution in [3.63, 3.8) is 0 Å². The Morgan fingerprint density at radius 2 is 2.36 bits per heavy atom. The zero-order valence-corrected chi connectivity index (χ0v) is 9.31. The van der Waals surface area contributed by atoms with Crippen LogP contribution in [-0.2, 0) is 4.79 Å². The molecule has 2 N–H and O–H groups in total. The van der Waals surface area contributed by atoms with E-state index >= 15 is 0 Å². The van der Waals surface area contributed by atoms with Gasteiger partial charge in [-0.2, -0.15) is 0 Å². The van der Waals surface area contributed by atoms with Gasteiger partial charge in [-0.25, -0.2) is 0 Å². The highest BCUT2D eigenvalue weighted by Crippen LogP contribution is 2.08. The summed E-state index contributed by atoms with van der Waals surface area (Å²) in [6.07, 6.45) is 5.06. The molecule has 0 spiro atoms. The molecule has 3 heteroatoms. The highest BCUT2D eigenvalue weighted by molar-refractivity contribution is 5.76. The Morgan fingerprint density at radius 1 is 1.57 bits per heavy atom. The van der Waals surface area contributed by atoms with Crippen LogP contribution in [0.4, 0.5) is 0 Å². The molecule has 1 aliphatic heterocycles. The first kappa shape index (κ1) is 11.5. The molecule has 0 aromatic heterocycles. The third-order valence-electron chi connectivity index (χ3n) is 2.87. The van der Waals surface area contributed by atoms with Gasteiger partial charge in [-0.1, -0.05) is 13.3 Å². The largest absolute Gasteiger partial charge is 0.352 e. The average Bonchev–Trinajstić information content (AvgIpc) is 2.18. The van der Waals surface area contributed by atoms with E-state index in [1.54, 1.807) is 0 Å². The van der Waals surface area contributed by atoms with Gasteiger partial charge in [-0.15, -0.1) is 0 Å². The van der Waals surface area contributed by atoms with Crippen LogP contribution >= 0.6 is 0 Å². The maximum absolute atomic E-state index is 11.5. The molecule has 82 valence electrons. The molecule has 1 amide bonds. The van der Waals surface area contributed by atoms with Crippen molar-refractivity contribution in [3.05, 3.63) is 0 Å². The van der Waals surface area contributed by atoms with Gasteiger partial charge in [0.1, 0.15) is 0 Å². The molecule has 0 radical (unpaired) electrons. The predicted octanol–water partition coefficient (Wildman–Crippen LogP) is 1.43. The van der Waals surface area contributed by atoms with Gasteiger partial charge in [0.25, 0.3) is 0 Å². The van der Waals surface area contributed by atoms with Gasteiger partial charge in [0.2, 0.25) is 5.91 Å². The summed E-state index contributed by atoms with van der Waals surface area (Å²) in [4.78, 5) is 11.5. The van der Waals surface area contributed by atoms with Gasteiger partial charge in [0.05, 0.1) is 0 Å². The van der Waals surface area contributed by atoms with Gasteiger partial charge < -0.3 is 10.6 Å². The first-order valence-corrected chi connectivity index (χ1v) is 5.76. The summed E-state index contributed by atoms with van der Waals surface area (Å²) in [7, 11) is 0. The standard InChI is InChI=1S/C11H22N2O/c1-3-4-7-11(14)13-10-6-5-8-12-9(10)2/h9-10,12H,3-8H2,1-2H3,(H,13,14). The van der Waals surface area contributed by atoms with Crippen LogP contribution in [0, 0.1) is 0 Å². The number of rotatable bonds is 4. The second-order valence-corrected chi connectivity index (χ2v) is 4.16. The van der Waals surface area contributed by atoms with Crippen LogP contribution in [0.25, 0.3) is 0 Å². The van der Waals surface area contributed by atoms with Gasteiger partial charge in [0, 0.05) is 18.5 Å². The smallest absolute Gasteiger partial charge is 0.220 e. The molecule has 0 saturated carbocycles. The van der Waals surface area contributed by atoms with Crippen LogP contribution in [0.1, 0.15) is 46.0 Å². The third-order valence-corrected chi connectivity index (χ3v) is 2.87. The van der Waals surface area contributed by atoms with Crippen LogP contribution in [0.15, 0.2) is 0 Å². The van der Waals surface area contributed by atoms with Crippen LogP contribution in [0.3, 0.4) is 0 Å². The minimum atomic E-state index is 0.215. The lowest BCUT2D eigenvalue weighted by Crippen LogP contribution is -2.51. The van der Waals surface area contributed by atoms with E-state index in [4.69, 9.17) is 0 Å². The van der Waals surface area contributed by atoms with E-state index < -0.39 is 0 Å². The molecule has 2 atom stereocenters. The summed E-state index contributed by atoms with van der Waals surface area (Å²) in [6.45, 7) is 5.34. The summed E-state index contributed by atoms with van der Waals surface area (Å²) < 4.78 is 0. The zero-order chi connectivity index (χ0) is 10.4. The van der Waals surface area contributed by atoms with Crippen LogP contribution < -0.4 is 10.6 Å². The Kier molecular flexibility index (Phi) is 4.94. The fraction of sp³-hybridized carbons (Fsp3) is 0.909. The van der Waals surface area contributed by atoms with Crippen LogP contribution in [-0.4, -0.2) is 24.5 Å². The van der Waals surface area contributed by atoms with Crippen molar-refractivity contribution in [1.82, 2.24) is 10.6 Å². The second-order valence-electron chi connectivity index (χ2n) is 4.16. The molecule has 0 bridgehead atoms. The fourth-order valence-electron chi connectivity index (χ4n) is 1.86. The lowest BCUT2D eigenvalue weighted by Gasteiger charge is -2.30. The molecule has 3 nitrogen and oxygen atoms in total. The highest BCUT2D eigenvalue weighted by atomic mass is 16.1. The average molecular weight is 198 g/mol. The summed E-state index contributed by atoms with van der Waals surface area (Å²) in [5.41, 5.74) is 0. The number of unbranched alkanes of at least 4 members (excludes halogenated alkanes) is 1. The van der Waals surface area contributed by atoms with Crippen molar-refractivity contribution >= 4 is 5.91 Å². The van der Waals surface area contributed by atoms with Crippen molar-refractivity contribution in [3.8, 4) is 0 Å². The molecule has 2 unspecified atom stereocenters. The molecule has 0 aromatic carbocycles. The maximum Gasteiger partial charge on any atom is 0.220 e. The first-order chi connectivity index (χ1) is 6.74. The number of nitrogens with one attached hydrogen (secondary N) is 2. The van der Waals surface area contributed by atoms with Crippen LogP contribution in [0.5, 0.6) is 0 Å². The summed E-state index contributed by atoms with van der Waals surface area (Å²) in [5.74, 6) is 0.215. The molecule has 1 heterocycles. The number of amides is 1. The Bertz CT molecular complexity index is 182. The van der Waals surface area contributed by atoms with Gasteiger partial charge >= 0.3 is 0 Å². The van der Waals surface area contributed by atoms with Crippen molar-refractivity contribution < 1.29 is 4.79 Å². The molecule has 0 aliphatic carbocycles. The number of piperidine rings is 1. The monoisotopic (exact) mass is 198 g/mol. The van der Waals surface area contributed by atoms with E-state index in [1.165, 1.54) is 6.42 Å². The van der Waals surface area contributed by atoms with Crippen molar-refractivity contribution in [1.29, 1.82) is 0 Å².